The number of hydrogen-bond donors (Lipinski definition) is 1. The van der Waals surface area contributed by atoms with Crippen LogP contribution >= 0.6 is 11.6 Å². The molecule has 0 atom stereocenters. The van der Waals surface area contributed by atoms with Crippen LogP contribution in [0.2, 0.25) is 5.02 Å². The summed E-state index contributed by atoms with van der Waals surface area (Å²) in [5.41, 5.74) is 3.26. The summed E-state index contributed by atoms with van der Waals surface area (Å²) in [6, 6.07) is 15.3. The zero-order valence-electron chi connectivity index (χ0n) is 12.8. The number of nitrogens with one attached hydrogen (secondary N) is 1. The van der Waals surface area contributed by atoms with Crippen molar-refractivity contribution in [2.75, 3.05) is 0 Å². The van der Waals surface area contributed by atoms with Crippen LogP contribution in [0.5, 0.6) is 0 Å². The normalized spacial score (nSPS) is 11.4. The van der Waals surface area contributed by atoms with Gasteiger partial charge < -0.3 is 0 Å². The van der Waals surface area contributed by atoms with Crippen molar-refractivity contribution in [2.24, 2.45) is 7.05 Å². The van der Waals surface area contributed by atoms with E-state index in [1.807, 2.05) is 48.9 Å². The Morgan fingerprint density at radius 1 is 1.04 bits per heavy atom. The summed E-state index contributed by atoms with van der Waals surface area (Å²) < 4.78 is 3.51. The van der Waals surface area contributed by atoms with Crippen LogP contribution in [-0.4, -0.2) is 9.78 Å². The molecule has 4 aromatic rings. The summed E-state index contributed by atoms with van der Waals surface area (Å²) in [6.07, 6.45) is 0. The maximum atomic E-state index is 12.9. The molecule has 23 heavy (non-hydrogen) atoms. The van der Waals surface area contributed by atoms with Crippen molar-refractivity contribution in [1.82, 2.24) is 9.78 Å². The first-order chi connectivity index (χ1) is 11.1. The van der Waals surface area contributed by atoms with Crippen molar-refractivity contribution in [3.63, 3.8) is 0 Å². The Bertz CT molecular complexity index is 1110. The molecular formula is C18H15ClN3O+. The number of pyridine rings is 1. The first kappa shape index (κ1) is 14.0. The maximum Gasteiger partial charge on any atom is 0.344 e. The second-order valence-corrected chi connectivity index (χ2v) is 6.08. The van der Waals surface area contributed by atoms with Gasteiger partial charge in [-0.25, -0.2) is 4.68 Å². The van der Waals surface area contributed by atoms with Gasteiger partial charge in [-0.15, -0.1) is 0 Å². The standard InChI is InChI=1S/C18H14ClN3O/c1-11-14-5-3-4-6-15(14)16-17(21(11)2)18(23)22(20-16)13-9-7-12(19)8-10-13/h3-10H,1-2H3/p+1. The van der Waals surface area contributed by atoms with Gasteiger partial charge in [0.05, 0.1) is 11.1 Å². The maximum absolute atomic E-state index is 12.9. The largest absolute Gasteiger partial charge is 0.344 e. The molecule has 0 aliphatic rings. The fourth-order valence-electron chi connectivity index (χ4n) is 3.06. The molecule has 4 nitrogen and oxygen atoms in total. The second kappa shape index (κ2) is 4.96. The third-order valence-corrected chi connectivity index (χ3v) is 4.63. The fourth-order valence-corrected chi connectivity index (χ4v) is 3.19. The van der Waals surface area contributed by atoms with Crippen molar-refractivity contribution in [3.05, 3.63) is 69.6 Å². The van der Waals surface area contributed by atoms with E-state index in [1.165, 1.54) is 0 Å². The predicted octanol–water partition coefficient (Wildman–Crippen LogP) is 3.26. The number of halogens is 1. The number of aromatic amines is 1. The number of hydrogen-bond acceptors (Lipinski definition) is 1. The lowest BCUT2D eigenvalue weighted by atomic mass is 10.1. The Hall–Kier alpha value is -2.59. The van der Waals surface area contributed by atoms with Crippen molar-refractivity contribution in [3.8, 4) is 5.69 Å². The molecule has 2 heterocycles. The summed E-state index contributed by atoms with van der Waals surface area (Å²) in [4.78, 5) is 12.9. The molecule has 0 aliphatic heterocycles. The van der Waals surface area contributed by atoms with Gasteiger partial charge in [0.1, 0.15) is 12.6 Å². The highest BCUT2D eigenvalue weighted by Gasteiger charge is 2.22. The van der Waals surface area contributed by atoms with Crippen LogP contribution in [0, 0.1) is 6.92 Å². The zero-order valence-corrected chi connectivity index (χ0v) is 13.6. The van der Waals surface area contributed by atoms with E-state index in [1.54, 1.807) is 16.8 Å². The minimum atomic E-state index is -0.0707. The van der Waals surface area contributed by atoms with E-state index in [0.29, 0.717) is 10.5 Å². The molecule has 4 rings (SSSR count). The van der Waals surface area contributed by atoms with Crippen LogP contribution in [0.25, 0.3) is 27.5 Å². The lowest BCUT2D eigenvalue weighted by Crippen LogP contribution is -2.37. The molecule has 0 fully saturated rings. The minimum absolute atomic E-state index is 0.0707. The van der Waals surface area contributed by atoms with Gasteiger partial charge in [0.2, 0.25) is 0 Å². The molecular weight excluding hydrogens is 310 g/mol. The molecule has 0 amide bonds. The van der Waals surface area contributed by atoms with E-state index < -0.39 is 0 Å². The van der Waals surface area contributed by atoms with Gasteiger partial charge in [0, 0.05) is 17.3 Å². The molecule has 0 unspecified atom stereocenters. The predicted molar refractivity (Wildman–Crippen MR) is 92.3 cm³/mol. The molecule has 0 bridgehead atoms. The highest BCUT2D eigenvalue weighted by atomic mass is 35.5. The summed E-state index contributed by atoms with van der Waals surface area (Å²) in [5.74, 6) is 0. The molecule has 0 saturated carbocycles. The van der Waals surface area contributed by atoms with E-state index in [-0.39, 0.29) is 5.56 Å². The lowest BCUT2D eigenvalue weighted by molar-refractivity contribution is -0.650. The van der Waals surface area contributed by atoms with Crippen molar-refractivity contribution < 1.29 is 4.57 Å². The lowest BCUT2D eigenvalue weighted by Gasteiger charge is -2.01. The number of benzene rings is 2. The molecule has 2 aromatic heterocycles. The van der Waals surface area contributed by atoms with Crippen molar-refractivity contribution in [1.29, 1.82) is 0 Å². The van der Waals surface area contributed by atoms with Crippen molar-refractivity contribution >= 4 is 33.4 Å². The van der Waals surface area contributed by atoms with Gasteiger partial charge in [-0.1, -0.05) is 29.8 Å². The van der Waals surface area contributed by atoms with Crippen LogP contribution in [0.4, 0.5) is 0 Å². The smallest absolute Gasteiger partial charge is 0.284 e. The molecule has 5 heteroatoms. The van der Waals surface area contributed by atoms with Crippen LogP contribution in [-0.2, 0) is 7.05 Å². The third-order valence-electron chi connectivity index (χ3n) is 4.38. The number of aryl methyl sites for hydroxylation is 2. The Kier molecular flexibility index (Phi) is 3.03. The molecule has 2 aromatic carbocycles. The fraction of sp³-hybridized carbons (Fsp3) is 0.111. The Labute approximate surface area is 137 Å². The first-order valence-electron chi connectivity index (χ1n) is 7.36. The van der Waals surface area contributed by atoms with Gasteiger partial charge in [0.25, 0.3) is 5.52 Å². The number of aromatic nitrogens is 3. The third kappa shape index (κ3) is 1.99. The quantitative estimate of drug-likeness (QED) is 0.536. The number of rotatable bonds is 1. The van der Waals surface area contributed by atoms with Crippen LogP contribution in [0.3, 0.4) is 0 Å². The van der Waals surface area contributed by atoms with Crippen LogP contribution in [0.1, 0.15) is 5.69 Å². The molecule has 114 valence electrons. The summed E-state index contributed by atoms with van der Waals surface area (Å²) >= 11 is 5.94. The molecule has 0 aliphatic carbocycles. The highest BCUT2D eigenvalue weighted by molar-refractivity contribution is 6.30. The molecule has 1 N–H and O–H groups in total. The van der Waals surface area contributed by atoms with E-state index in [4.69, 9.17) is 11.6 Å². The van der Waals surface area contributed by atoms with Gasteiger partial charge in [-0.3, -0.25) is 9.89 Å². The van der Waals surface area contributed by atoms with Crippen LogP contribution in [0.15, 0.2) is 53.3 Å². The molecule has 0 saturated heterocycles. The summed E-state index contributed by atoms with van der Waals surface area (Å²) in [5, 5.41) is 6.07. The van der Waals surface area contributed by atoms with E-state index in [0.717, 1.165) is 27.7 Å². The Balaban J connectivity index is 2.16. The topological polar surface area (TPSA) is 41.7 Å². The number of H-pyrrole nitrogens is 1. The minimum Gasteiger partial charge on any atom is -0.284 e. The van der Waals surface area contributed by atoms with Gasteiger partial charge in [-0.2, -0.15) is 4.57 Å². The summed E-state index contributed by atoms with van der Waals surface area (Å²) in [7, 11) is 1.92. The van der Waals surface area contributed by atoms with E-state index in [2.05, 4.69) is 11.2 Å². The molecule has 0 radical (unpaired) electrons. The average molecular weight is 325 g/mol. The SMILES string of the molecule is Cc1c2ccccc2c2[nH]n(-c3ccc(Cl)cc3)c(=O)c2[n+]1C. The number of fused-ring (bicyclic) bond motifs is 3. The van der Waals surface area contributed by atoms with E-state index >= 15 is 0 Å². The van der Waals surface area contributed by atoms with Gasteiger partial charge in [-0.05, 0) is 30.3 Å². The second-order valence-electron chi connectivity index (χ2n) is 5.64. The Morgan fingerprint density at radius 2 is 1.70 bits per heavy atom. The number of nitrogens with zero attached hydrogens (tertiary/aromatic N) is 2. The van der Waals surface area contributed by atoms with Gasteiger partial charge >= 0.3 is 5.56 Å². The van der Waals surface area contributed by atoms with E-state index in [9.17, 15) is 4.79 Å². The first-order valence-corrected chi connectivity index (χ1v) is 7.74. The average Bonchev–Trinajstić information content (AvgIpc) is 2.91. The molecule has 0 spiro atoms. The van der Waals surface area contributed by atoms with Gasteiger partial charge in [0.15, 0.2) is 5.69 Å². The monoisotopic (exact) mass is 324 g/mol. The summed E-state index contributed by atoms with van der Waals surface area (Å²) in [6.45, 7) is 2.03. The highest BCUT2D eigenvalue weighted by Crippen LogP contribution is 2.22. The van der Waals surface area contributed by atoms with Crippen LogP contribution < -0.4 is 10.1 Å². The Morgan fingerprint density at radius 3 is 2.39 bits per heavy atom. The zero-order chi connectivity index (χ0) is 16.1. The van der Waals surface area contributed by atoms with Crippen molar-refractivity contribution in [2.45, 2.75) is 6.92 Å².